The molecular formula is C32H42N2O7. The van der Waals surface area contributed by atoms with E-state index in [1.807, 2.05) is 37.3 Å². The van der Waals surface area contributed by atoms with Crippen LogP contribution < -0.4 is 10.1 Å². The minimum Gasteiger partial charge on any atom is -0.457 e. The van der Waals surface area contributed by atoms with E-state index in [1.54, 1.807) is 29.2 Å². The highest BCUT2D eigenvalue weighted by Gasteiger charge is 2.60. The number of nitrogens with zero attached hydrogens (tertiary/aromatic N) is 1. The lowest BCUT2D eigenvalue weighted by atomic mass is 9.46. The number of likely N-dealkylation sites (tertiary alicyclic amines) is 1. The van der Waals surface area contributed by atoms with Crippen LogP contribution >= 0.6 is 0 Å². The van der Waals surface area contributed by atoms with Gasteiger partial charge >= 0.3 is 6.09 Å². The normalized spacial score (nSPS) is 33.1. The summed E-state index contributed by atoms with van der Waals surface area (Å²) in [6.45, 7) is 4.76. The molecule has 0 aromatic heterocycles. The van der Waals surface area contributed by atoms with Gasteiger partial charge in [0.05, 0.1) is 18.8 Å². The largest absolute Gasteiger partial charge is 0.457 e. The molecule has 41 heavy (non-hydrogen) atoms. The van der Waals surface area contributed by atoms with Gasteiger partial charge in [0, 0.05) is 30.6 Å². The molecule has 1 aliphatic heterocycles. The van der Waals surface area contributed by atoms with Crippen molar-refractivity contribution >= 4 is 17.7 Å². The molecule has 2 saturated carbocycles. The van der Waals surface area contributed by atoms with Gasteiger partial charge in [-0.1, -0.05) is 32.0 Å². The molecule has 0 radical (unpaired) electrons. The summed E-state index contributed by atoms with van der Waals surface area (Å²) >= 11 is 0. The Hall–Kier alpha value is -3.14. The zero-order chi connectivity index (χ0) is 29.2. The Morgan fingerprint density at radius 3 is 2.34 bits per heavy atom. The minimum absolute atomic E-state index is 0.0453. The lowest BCUT2D eigenvalue weighted by molar-refractivity contribution is -0.186. The van der Waals surface area contributed by atoms with Gasteiger partial charge in [0.15, 0.2) is 0 Å². The fourth-order valence-corrected chi connectivity index (χ4v) is 7.57. The van der Waals surface area contributed by atoms with Gasteiger partial charge in [-0.15, -0.1) is 0 Å². The van der Waals surface area contributed by atoms with E-state index in [4.69, 9.17) is 9.47 Å². The van der Waals surface area contributed by atoms with E-state index >= 15 is 0 Å². The Balaban J connectivity index is 1.23. The third-order valence-corrected chi connectivity index (χ3v) is 9.92. The summed E-state index contributed by atoms with van der Waals surface area (Å²) in [7, 11) is 0. The number of aliphatic hydroxyl groups excluding tert-OH is 3. The molecule has 2 aromatic carbocycles. The lowest BCUT2D eigenvalue weighted by Crippen LogP contribution is -2.61. The fraction of sp³-hybridized carbons (Fsp3) is 0.562. The number of amides is 2. The molecular weight excluding hydrogens is 524 g/mol. The Bertz CT molecular complexity index is 1210. The highest BCUT2D eigenvalue weighted by atomic mass is 16.6. The van der Waals surface area contributed by atoms with Gasteiger partial charge in [0.1, 0.15) is 17.6 Å². The van der Waals surface area contributed by atoms with Crippen molar-refractivity contribution in [2.45, 2.75) is 70.7 Å². The molecule has 3 aliphatic rings. The number of carbonyl (C=O) groups is 2. The highest BCUT2D eigenvalue weighted by molar-refractivity contribution is 5.84. The first-order valence-electron chi connectivity index (χ1n) is 14.7. The number of nitrogens with one attached hydrogen (secondary N) is 1. The van der Waals surface area contributed by atoms with Crippen LogP contribution in [0.5, 0.6) is 11.5 Å². The van der Waals surface area contributed by atoms with Crippen LogP contribution in [0, 0.1) is 22.7 Å². The Labute approximate surface area is 241 Å². The molecule has 0 spiro atoms. The second-order valence-corrected chi connectivity index (χ2v) is 12.5. The standard InChI is InChI=1S/C32H42N2O7/c1-31-16-14-28(41-30(39)33-21-8-10-24(11-9-21)40-23-6-4-3-5-7-23)32(2,20-35)27(31)13-12-26(37)25(31)18-29(38)34-17-15-22(36)19-34/h3-11,22,25-28,35-37H,12-20H2,1-2H3,(H,33,39)/t22-,25-,26-,27-,28-,31+,32+/m1/s1. The molecule has 9 heteroatoms. The van der Waals surface area contributed by atoms with Gasteiger partial charge in [0.2, 0.25) is 5.91 Å². The fourth-order valence-electron chi connectivity index (χ4n) is 7.57. The number of fused-ring (bicyclic) bond motifs is 1. The number of aliphatic hydroxyl groups is 3. The number of carbonyl (C=O) groups excluding carboxylic acids is 2. The topological polar surface area (TPSA) is 129 Å². The highest BCUT2D eigenvalue weighted by Crippen LogP contribution is 2.61. The molecule has 1 saturated heterocycles. The van der Waals surface area contributed by atoms with E-state index < -0.39 is 35.2 Å². The van der Waals surface area contributed by atoms with Crippen LogP contribution in [0.25, 0.3) is 0 Å². The quantitative estimate of drug-likeness (QED) is 0.387. The first kappa shape index (κ1) is 29.4. The second-order valence-electron chi connectivity index (χ2n) is 12.5. The molecule has 3 fully saturated rings. The Morgan fingerprint density at radius 2 is 1.68 bits per heavy atom. The molecule has 2 aromatic rings. The maximum absolute atomic E-state index is 13.1. The van der Waals surface area contributed by atoms with Crippen molar-refractivity contribution in [2.24, 2.45) is 22.7 Å². The minimum atomic E-state index is -0.733. The van der Waals surface area contributed by atoms with E-state index in [0.717, 1.165) is 5.75 Å². The number of benzene rings is 2. The molecule has 2 amide bonds. The lowest BCUT2D eigenvalue weighted by Gasteiger charge is -2.60. The third-order valence-electron chi connectivity index (χ3n) is 9.92. The number of β-amino-alcohol motifs (C(OH)–C–C–N with tert-alkyl or cyclic N) is 1. The van der Waals surface area contributed by atoms with Crippen LogP contribution in [0.2, 0.25) is 0 Å². The number of hydrogen-bond donors (Lipinski definition) is 4. The SMILES string of the molecule is C[C@]1(CO)[C@@H]2CC[C@@H](O)[C@@H](CC(=O)N3CC[C@@H](O)C3)[C@]2(C)CC[C@H]1OC(=O)Nc1ccc(Oc2ccccc2)cc1. The summed E-state index contributed by atoms with van der Waals surface area (Å²) in [4.78, 5) is 27.8. The summed E-state index contributed by atoms with van der Waals surface area (Å²) in [5.41, 5.74) is -0.579. The van der Waals surface area contributed by atoms with E-state index in [1.165, 1.54) is 0 Å². The van der Waals surface area contributed by atoms with Crippen molar-refractivity contribution < 1.29 is 34.4 Å². The molecule has 0 bridgehead atoms. The van der Waals surface area contributed by atoms with Crippen LogP contribution in [0.3, 0.4) is 0 Å². The third kappa shape index (κ3) is 6.08. The summed E-state index contributed by atoms with van der Waals surface area (Å²) in [5, 5.41) is 34.4. The molecule has 4 N–H and O–H groups in total. The van der Waals surface area contributed by atoms with E-state index in [-0.39, 0.29) is 30.8 Å². The van der Waals surface area contributed by atoms with Gasteiger partial charge in [0.25, 0.3) is 0 Å². The van der Waals surface area contributed by atoms with Gasteiger partial charge in [-0.2, -0.15) is 0 Å². The van der Waals surface area contributed by atoms with Gasteiger partial charge < -0.3 is 29.7 Å². The molecule has 2 aliphatic carbocycles. The molecule has 9 nitrogen and oxygen atoms in total. The van der Waals surface area contributed by atoms with Crippen molar-refractivity contribution in [1.29, 1.82) is 0 Å². The number of hydrogen-bond acceptors (Lipinski definition) is 7. The predicted octanol–water partition coefficient (Wildman–Crippen LogP) is 4.57. The molecule has 1 heterocycles. The molecule has 222 valence electrons. The molecule has 5 rings (SSSR count). The zero-order valence-electron chi connectivity index (χ0n) is 23.9. The van der Waals surface area contributed by atoms with Crippen LogP contribution in [0.1, 0.15) is 52.4 Å². The number of anilines is 1. The zero-order valence-corrected chi connectivity index (χ0v) is 23.9. The van der Waals surface area contributed by atoms with Crippen molar-refractivity contribution in [3.63, 3.8) is 0 Å². The maximum Gasteiger partial charge on any atom is 0.411 e. The average Bonchev–Trinajstić information content (AvgIpc) is 3.40. The summed E-state index contributed by atoms with van der Waals surface area (Å²) in [5.74, 6) is 0.992. The maximum atomic E-state index is 13.1. The van der Waals surface area contributed by atoms with E-state index in [0.29, 0.717) is 56.6 Å². The van der Waals surface area contributed by atoms with Crippen LogP contribution in [-0.2, 0) is 9.53 Å². The first-order valence-corrected chi connectivity index (χ1v) is 14.7. The van der Waals surface area contributed by atoms with Crippen molar-refractivity contribution in [3.8, 4) is 11.5 Å². The Kier molecular flexibility index (Phi) is 8.59. The predicted molar refractivity (Wildman–Crippen MR) is 153 cm³/mol. The van der Waals surface area contributed by atoms with Crippen LogP contribution in [0.4, 0.5) is 10.5 Å². The van der Waals surface area contributed by atoms with Crippen molar-refractivity contribution in [1.82, 2.24) is 4.90 Å². The average molecular weight is 567 g/mol. The van der Waals surface area contributed by atoms with Crippen molar-refractivity contribution in [3.05, 3.63) is 54.6 Å². The van der Waals surface area contributed by atoms with Gasteiger partial charge in [-0.25, -0.2) is 4.79 Å². The summed E-state index contributed by atoms with van der Waals surface area (Å²) in [6.07, 6.45) is 0.929. The molecule has 7 atom stereocenters. The number of para-hydroxylation sites is 1. The van der Waals surface area contributed by atoms with Crippen LogP contribution in [0.15, 0.2) is 54.6 Å². The molecule has 0 unspecified atom stereocenters. The van der Waals surface area contributed by atoms with E-state index in [2.05, 4.69) is 12.2 Å². The van der Waals surface area contributed by atoms with Gasteiger partial charge in [-0.05, 0) is 85.8 Å². The van der Waals surface area contributed by atoms with Gasteiger partial charge in [-0.3, -0.25) is 10.1 Å². The first-order chi connectivity index (χ1) is 19.6. The van der Waals surface area contributed by atoms with Crippen LogP contribution in [-0.4, -0.2) is 70.2 Å². The Morgan fingerprint density at radius 1 is 0.976 bits per heavy atom. The van der Waals surface area contributed by atoms with Crippen molar-refractivity contribution in [2.75, 3.05) is 25.0 Å². The monoisotopic (exact) mass is 566 g/mol. The summed E-state index contributed by atoms with van der Waals surface area (Å²) in [6, 6.07) is 16.5. The summed E-state index contributed by atoms with van der Waals surface area (Å²) < 4.78 is 11.8. The smallest absolute Gasteiger partial charge is 0.411 e. The second kappa shape index (κ2) is 12.0. The number of ether oxygens (including phenoxy) is 2. The van der Waals surface area contributed by atoms with E-state index in [9.17, 15) is 24.9 Å². The number of rotatable bonds is 7.